The molecule has 3 atom stereocenters. The van der Waals surface area contributed by atoms with Gasteiger partial charge in [0, 0.05) is 18.4 Å². The van der Waals surface area contributed by atoms with Crippen LogP contribution >= 0.6 is 31.9 Å². The number of rotatable bonds is 3. The first kappa shape index (κ1) is 13.8. The number of imide groups is 1. The smallest absolute Gasteiger partial charge is 0.325 e. The Balaban J connectivity index is 2.17. The maximum Gasteiger partial charge on any atom is 0.325 e. The summed E-state index contributed by atoms with van der Waals surface area (Å²) in [5.74, 6) is -0.288. The highest BCUT2D eigenvalue weighted by Gasteiger charge is 2.47. The molecule has 0 bridgehead atoms. The lowest BCUT2D eigenvalue weighted by Crippen LogP contribution is -2.63. The van der Waals surface area contributed by atoms with Crippen LogP contribution in [0.5, 0.6) is 0 Å². The Hall–Kier alpha value is -0.630. The van der Waals surface area contributed by atoms with Gasteiger partial charge in [0.25, 0.3) is 5.91 Å². The number of alkyl halides is 1. The van der Waals surface area contributed by atoms with Gasteiger partial charge in [-0.25, -0.2) is 9.79 Å². The first-order valence-electron chi connectivity index (χ1n) is 5.63. The van der Waals surface area contributed by atoms with Gasteiger partial charge in [0.05, 0.1) is 0 Å². The average Bonchev–Trinajstić information content (AvgIpc) is 2.61. The molecule has 0 aromatic carbocycles. The highest BCUT2D eigenvalue weighted by Crippen LogP contribution is 2.26. The summed E-state index contributed by atoms with van der Waals surface area (Å²) in [6.45, 7) is 2.75. The minimum atomic E-state index is -0.439. The molecule has 0 saturated carbocycles. The fourth-order valence-electron chi connectivity index (χ4n) is 2.04. The van der Waals surface area contributed by atoms with Crippen LogP contribution in [0.2, 0.25) is 0 Å². The van der Waals surface area contributed by atoms with Crippen LogP contribution in [-0.2, 0) is 4.79 Å². The molecule has 6 nitrogen and oxygen atoms in total. The number of carbonyl (C=O) groups is 2. The molecule has 2 heterocycles. The van der Waals surface area contributed by atoms with Crippen molar-refractivity contribution >= 4 is 48.5 Å². The molecule has 0 radical (unpaired) electrons. The van der Waals surface area contributed by atoms with Crippen molar-refractivity contribution in [2.45, 2.75) is 30.4 Å². The van der Waals surface area contributed by atoms with Gasteiger partial charge in [-0.2, -0.15) is 0 Å². The van der Waals surface area contributed by atoms with Crippen LogP contribution in [-0.4, -0.2) is 57.1 Å². The van der Waals surface area contributed by atoms with Crippen molar-refractivity contribution in [2.24, 2.45) is 4.99 Å². The molecule has 0 spiro atoms. The molecule has 3 amide bonds. The first-order chi connectivity index (χ1) is 8.41. The molecule has 8 heteroatoms. The van der Waals surface area contributed by atoms with E-state index in [2.05, 4.69) is 49.1 Å². The maximum atomic E-state index is 11.9. The van der Waals surface area contributed by atoms with E-state index in [1.165, 1.54) is 4.90 Å². The number of hydrogen-bond acceptors (Lipinski definition) is 4. The van der Waals surface area contributed by atoms with E-state index in [1.54, 1.807) is 7.05 Å². The van der Waals surface area contributed by atoms with Crippen molar-refractivity contribution in [3.8, 4) is 0 Å². The van der Waals surface area contributed by atoms with Gasteiger partial charge in [0.2, 0.25) is 0 Å². The minimum absolute atomic E-state index is 0.288. The molecule has 1 N–H and O–H groups in total. The molecule has 1 saturated heterocycles. The molecule has 0 aliphatic carbocycles. The number of carbonyl (C=O) groups excluding carboxylic acids is 2. The monoisotopic (exact) mass is 380 g/mol. The predicted octanol–water partition coefficient (Wildman–Crippen LogP) is 1.10. The number of urea groups is 1. The summed E-state index contributed by atoms with van der Waals surface area (Å²) < 4.78 is 0.627. The van der Waals surface area contributed by atoms with Gasteiger partial charge in [0.1, 0.15) is 0 Å². The third kappa shape index (κ3) is 2.40. The molecule has 1 fully saturated rings. The SMILES string of the molecule is CC(Br)CCN1C(Br)=NC2C1C(=O)NC(=O)N2C. The van der Waals surface area contributed by atoms with Crippen LogP contribution < -0.4 is 5.32 Å². The van der Waals surface area contributed by atoms with Crippen molar-refractivity contribution in [1.29, 1.82) is 0 Å². The number of likely N-dealkylation sites (N-methyl/N-ethyl adjacent to an activating group) is 1. The largest absolute Gasteiger partial charge is 0.335 e. The molecule has 18 heavy (non-hydrogen) atoms. The third-order valence-electron chi connectivity index (χ3n) is 3.08. The summed E-state index contributed by atoms with van der Waals surface area (Å²) in [5, 5.41) is 2.34. The average molecular weight is 382 g/mol. The second-order valence-electron chi connectivity index (χ2n) is 4.42. The quantitative estimate of drug-likeness (QED) is 0.588. The van der Waals surface area contributed by atoms with Crippen LogP contribution in [0.15, 0.2) is 4.99 Å². The van der Waals surface area contributed by atoms with E-state index in [0.29, 0.717) is 16.1 Å². The van der Waals surface area contributed by atoms with Gasteiger partial charge in [-0.05, 0) is 22.4 Å². The van der Waals surface area contributed by atoms with Gasteiger partial charge in [0.15, 0.2) is 17.0 Å². The van der Waals surface area contributed by atoms with Crippen LogP contribution in [0.25, 0.3) is 0 Å². The molecular weight excluding hydrogens is 368 g/mol. The van der Waals surface area contributed by atoms with Crippen molar-refractivity contribution in [2.75, 3.05) is 13.6 Å². The van der Waals surface area contributed by atoms with Crippen LogP contribution in [0, 0.1) is 0 Å². The summed E-state index contributed by atoms with van der Waals surface area (Å²) in [6, 6.07) is -0.839. The van der Waals surface area contributed by atoms with E-state index in [9.17, 15) is 9.59 Å². The lowest BCUT2D eigenvalue weighted by Gasteiger charge is -2.36. The van der Waals surface area contributed by atoms with E-state index in [4.69, 9.17) is 0 Å². The van der Waals surface area contributed by atoms with Gasteiger partial charge < -0.3 is 9.80 Å². The fraction of sp³-hybridized carbons (Fsp3) is 0.700. The minimum Gasteiger partial charge on any atom is -0.335 e. The van der Waals surface area contributed by atoms with Gasteiger partial charge in [-0.1, -0.05) is 22.9 Å². The lowest BCUT2D eigenvalue weighted by molar-refractivity contribution is -0.127. The Kier molecular flexibility index (Phi) is 3.96. The number of amidine groups is 1. The van der Waals surface area contributed by atoms with Crippen LogP contribution in [0.4, 0.5) is 4.79 Å². The van der Waals surface area contributed by atoms with E-state index in [-0.39, 0.29) is 5.91 Å². The molecule has 3 unspecified atom stereocenters. The van der Waals surface area contributed by atoms with Crippen molar-refractivity contribution in [1.82, 2.24) is 15.1 Å². The van der Waals surface area contributed by atoms with Crippen molar-refractivity contribution in [3.05, 3.63) is 0 Å². The summed E-state index contributed by atoms with van der Waals surface area (Å²) in [4.78, 5) is 31.5. The highest BCUT2D eigenvalue weighted by atomic mass is 79.9. The predicted molar refractivity (Wildman–Crippen MR) is 75.0 cm³/mol. The normalized spacial score (nSPS) is 29.0. The number of amides is 3. The second-order valence-corrected chi connectivity index (χ2v) is 6.70. The molecule has 0 aromatic rings. The zero-order chi connectivity index (χ0) is 13.4. The molecule has 2 aliphatic heterocycles. The first-order valence-corrected chi connectivity index (χ1v) is 7.34. The van der Waals surface area contributed by atoms with E-state index in [1.807, 2.05) is 4.90 Å². The zero-order valence-corrected chi connectivity index (χ0v) is 13.2. The number of nitrogens with one attached hydrogen (secondary N) is 1. The summed E-state index contributed by atoms with van der Waals surface area (Å²) in [7, 11) is 1.64. The second kappa shape index (κ2) is 5.16. The van der Waals surface area contributed by atoms with Crippen LogP contribution in [0.3, 0.4) is 0 Å². The standard InChI is InChI=1S/C10H14Br2N4O2/c1-5(11)3-4-16-6-7(13-9(16)12)15(2)10(18)14-8(6)17/h5-7H,3-4H2,1-2H3,(H,14,17,18). The topological polar surface area (TPSA) is 65.0 Å². The Morgan fingerprint density at radius 2 is 2.17 bits per heavy atom. The number of halogens is 2. The Morgan fingerprint density at radius 3 is 2.78 bits per heavy atom. The maximum absolute atomic E-state index is 11.9. The van der Waals surface area contributed by atoms with Gasteiger partial charge >= 0.3 is 6.03 Å². The zero-order valence-electron chi connectivity index (χ0n) is 10.1. The molecule has 0 aromatic heterocycles. The van der Waals surface area contributed by atoms with Gasteiger partial charge in [-0.3, -0.25) is 10.1 Å². The molecule has 100 valence electrons. The number of nitrogens with zero attached hydrogens (tertiary/aromatic N) is 3. The summed E-state index contributed by atoms with van der Waals surface area (Å²) in [6.07, 6.45) is 0.449. The lowest BCUT2D eigenvalue weighted by atomic mass is 10.1. The Labute approximate surface area is 122 Å². The highest BCUT2D eigenvalue weighted by molar-refractivity contribution is 9.18. The molecule has 2 aliphatic rings. The van der Waals surface area contributed by atoms with Gasteiger partial charge in [-0.15, -0.1) is 0 Å². The van der Waals surface area contributed by atoms with E-state index in [0.717, 1.165) is 6.42 Å². The number of hydrogen-bond donors (Lipinski definition) is 1. The molecule has 2 rings (SSSR count). The number of aliphatic imine (C=N–C) groups is 1. The Bertz CT molecular complexity index is 413. The fourth-order valence-corrected chi connectivity index (χ4v) is 2.85. The number of fused-ring (bicyclic) bond motifs is 1. The van der Waals surface area contributed by atoms with E-state index < -0.39 is 18.2 Å². The third-order valence-corrected chi connectivity index (χ3v) is 4.20. The summed E-state index contributed by atoms with van der Waals surface area (Å²) in [5.41, 5.74) is 0. The van der Waals surface area contributed by atoms with E-state index >= 15 is 0 Å². The van der Waals surface area contributed by atoms with Crippen molar-refractivity contribution < 1.29 is 9.59 Å². The summed E-state index contributed by atoms with van der Waals surface area (Å²) >= 11 is 6.84. The Morgan fingerprint density at radius 1 is 1.50 bits per heavy atom. The molecular formula is C10H14Br2N4O2. The van der Waals surface area contributed by atoms with Crippen molar-refractivity contribution in [3.63, 3.8) is 0 Å². The van der Waals surface area contributed by atoms with Crippen LogP contribution in [0.1, 0.15) is 13.3 Å².